The summed E-state index contributed by atoms with van der Waals surface area (Å²) in [4.78, 5) is 14.9. The minimum absolute atomic E-state index is 0.150. The molecule has 0 aliphatic carbocycles. The highest BCUT2D eigenvalue weighted by molar-refractivity contribution is 5.75. The van der Waals surface area contributed by atoms with Crippen molar-refractivity contribution in [3.8, 4) is 0 Å². The van der Waals surface area contributed by atoms with Crippen molar-refractivity contribution in [3.63, 3.8) is 0 Å². The smallest absolute Gasteiger partial charge is 0.309 e. The molecule has 1 heterocycles. The molecule has 0 spiro atoms. The van der Waals surface area contributed by atoms with Crippen molar-refractivity contribution >= 4 is 11.0 Å². The van der Waals surface area contributed by atoms with Crippen molar-refractivity contribution in [2.75, 3.05) is 0 Å². The second-order valence-corrected chi connectivity index (χ2v) is 3.36. The zero-order valence-electron chi connectivity index (χ0n) is 8.25. The number of alkyl halides is 3. The van der Waals surface area contributed by atoms with Crippen molar-refractivity contribution in [3.05, 3.63) is 40.3 Å². The van der Waals surface area contributed by atoms with Gasteiger partial charge in [0.1, 0.15) is 0 Å². The Morgan fingerprint density at radius 1 is 1.31 bits per heavy atom. The summed E-state index contributed by atoms with van der Waals surface area (Å²) in [6.07, 6.45) is -3.40. The first-order chi connectivity index (χ1) is 7.39. The maximum absolute atomic E-state index is 12.4. The SMILES string of the molecule is Cn1c(=O)cnc2cc(C(F)(F)F)ccc21. The lowest BCUT2D eigenvalue weighted by Gasteiger charge is -2.08. The van der Waals surface area contributed by atoms with E-state index in [1.807, 2.05) is 0 Å². The topological polar surface area (TPSA) is 34.9 Å². The zero-order chi connectivity index (χ0) is 11.9. The van der Waals surface area contributed by atoms with Crippen LogP contribution >= 0.6 is 0 Å². The quantitative estimate of drug-likeness (QED) is 0.690. The van der Waals surface area contributed by atoms with Crippen LogP contribution in [0.3, 0.4) is 0 Å². The van der Waals surface area contributed by atoms with Crippen LogP contribution in [0.2, 0.25) is 0 Å². The van der Waals surface area contributed by atoms with Gasteiger partial charge in [0.25, 0.3) is 5.56 Å². The van der Waals surface area contributed by atoms with Gasteiger partial charge in [-0.3, -0.25) is 4.79 Å². The molecule has 0 fully saturated rings. The highest BCUT2D eigenvalue weighted by atomic mass is 19.4. The van der Waals surface area contributed by atoms with Gasteiger partial charge in [0.05, 0.1) is 22.8 Å². The number of rotatable bonds is 0. The Kier molecular flexibility index (Phi) is 2.22. The molecule has 0 aliphatic rings. The fourth-order valence-corrected chi connectivity index (χ4v) is 1.42. The maximum atomic E-state index is 12.4. The average molecular weight is 228 g/mol. The van der Waals surface area contributed by atoms with Crippen LogP contribution in [0, 0.1) is 0 Å². The van der Waals surface area contributed by atoms with E-state index in [9.17, 15) is 18.0 Å². The van der Waals surface area contributed by atoms with E-state index >= 15 is 0 Å². The van der Waals surface area contributed by atoms with Gasteiger partial charge < -0.3 is 4.57 Å². The van der Waals surface area contributed by atoms with E-state index in [1.165, 1.54) is 17.7 Å². The summed E-state index contributed by atoms with van der Waals surface area (Å²) < 4.78 is 38.5. The van der Waals surface area contributed by atoms with Crippen LogP contribution in [0.4, 0.5) is 13.2 Å². The van der Waals surface area contributed by atoms with Crippen molar-refractivity contribution in [2.45, 2.75) is 6.18 Å². The van der Waals surface area contributed by atoms with E-state index in [-0.39, 0.29) is 11.1 Å². The standard InChI is InChI=1S/C10H7F3N2O/c1-15-8-3-2-6(10(11,12)13)4-7(8)14-5-9(15)16/h2-5H,1H3. The number of fused-ring (bicyclic) bond motifs is 1. The second-order valence-electron chi connectivity index (χ2n) is 3.36. The third-order valence-electron chi connectivity index (χ3n) is 2.31. The highest BCUT2D eigenvalue weighted by Crippen LogP contribution is 2.30. The summed E-state index contributed by atoms with van der Waals surface area (Å²) in [5.74, 6) is 0. The monoisotopic (exact) mass is 228 g/mol. The van der Waals surface area contributed by atoms with Gasteiger partial charge in [-0.2, -0.15) is 13.2 Å². The van der Waals surface area contributed by atoms with E-state index in [4.69, 9.17) is 0 Å². The summed E-state index contributed by atoms with van der Waals surface area (Å²) in [5, 5.41) is 0. The number of aryl methyl sites for hydroxylation is 1. The predicted octanol–water partition coefficient (Wildman–Crippen LogP) is 1.95. The lowest BCUT2D eigenvalue weighted by molar-refractivity contribution is -0.137. The normalized spacial score (nSPS) is 12.0. The van der Waals surface area contributed by atoms with Crippen LogP contribution < -0.4 is 5.56 Å². The summed E-state index contributed by atoms with van der Waals surface area (Å²) >= 11 is 0. The molecule has 0 N–H and O–H groups in total. The molecular formula is C10H7F3N2O. The van der Waals surface area contributed by atoms with E-state index in [1.54, 1.807) is 0 Å². The van der Waals surface area contributed by atoms with Crippen molar-refractivity contribution in [1.82, 2.24) is 9.55 Å². The van der Waals surface area contributed by atoms with E-state index in [0.717, 1.165) is 18.3 Å². The first-order valence-corrected chi connectivity index (χ1v) is 4.42. The largest absolute Gasteiger partial charge is 0.416 e. The molecule has 1 aromatic carbocycles. The Morgan fingerprint density at radius 3 is 2.62 bits per heavy atom. The molecule has 0 amide bonds. The van der Waals surface area contributed by atoms with Crippen LogP contribution in [0.5, 0.6) is 0 Å². The summed E-state index contributed by atoms with van der Waals surface area (Å²) in [7, 11) is 1.49. The molecular weight excluding hydrogens is 221 g/mol. The minimum atomic E-state index is -4.40. The van der Waals surface area contributed by atoms with Crippen molar-refractivity contribution < 1.29 is 13.2 Å². The van der Waals surface area contributed by atoms with Crippen molar-refractivity contribution in [2.24, 2.45) is 7.05 Å². The number of benzene rings is 1. The maximum Gasteiger partial charge on any atom is 0.416 e. The van der Waals surface area contributed by atoms with Gasteiger partial charge >= 0.3 is 6.18 Å². The lowest BCUT2D eigenvalue weighted by Crippen LogP contribution is -2.17. The third kappa shape index (κ3) is 1.66. The van der Waals surface area contributed by atoms with Gasteiger partial charge in [-0.05, 0) is 18.2 Å². The van der Waals surface area contributed by atoms with E-state index < -0.39 is 11.7 Å². The molecule has 0 radical (unpaired) electrons. The zero-order valence-corrected chi connectivity index (χ0v) is 8.25. The van der Waals surface area contributed by atoms with Crippen LogP contribution in [-0.2, 0) is 13.2 Å². The van der Waals surface area contributed by atoms with Crippen LogP contribution in [-0.4, -0.2) is 9.55 Å². The number of hydrogen-bond donors (Lipinski definition) is 0. The first kappa shape index (κ1) is 10.7. The van der Waals surface area contributed by atoms with Gasteiger partial charge in [0.2, 0.25) is 0 Å². The molecule has 0 atom stereocenters. The van der Waals surface area contributed by atoms with Gasteiger partial charge in [-0.25, -0.2) is 4.98 Å². The Labute approximate surface area is 88.2 Å². The second kappa shape index (κ2) is 3.33. The lowest BCUT2D eigenvalue weighted by atomic mass is 10.2. The van der Waals surface area contributed by atoms with E-state index in [2.05, 4.69) is 4.98 Å². The van der Waals surface area contributed by atoms with Gasteiger partial charge in [0, 0.05) is 7.05 Å². The fraction of sp³-hybridized carbons (Fsp3) is 0.200. The minimum Gasteiger partial charge on any atom is -0.309 e. The Hall–Kier alpha value is -1.85. The molecule has 84 valence electrons. The molecule has 6 heteroatoms. The predicted molar refractivity (Wildman–Crippen MR) is 52.0 cm³/mol. The fourth-order valence-electron chi connectivity index (χ4n) is 1.42. The molecule has 1 aromatic heterocycles. The van der Waals surface area contributed by atoms with Crippen molar-refractivity contribution in [1.29, 1.82) is 0 Å². The molecule has 2 rings (SSSR count). The van der Waals surface area contributed by atoms with Crippen LogP contribution in [0.1, 0.15) is 5.56 Å². The molecule has 0 bridgehead atoms. The number of halogens is 3. The molecule has 0 aliphatic heterocycles. The first-order valence-electron chi connectivity index (χ1n) is 4.42. The summed E-state index contributed by atoms with van der Waals surface area (Å²) in [6, 6.07) is 3.10. The summed E-state index contributed by atoms with van der Waals surface area (Å²) in [5.41, 5.74) is -0.601. The Balaban J connectivity index is 2.75. The highest BCUT2D eigenvalue weighted by Gasteiger charge is 2.30. The van der Waals surface area contributed by atoms with Gasteiger partial charge in [0.15, 0.2) is 0 Å². The number of nitrogens with zero attached hydrogens (tertiary/aromatic N) is 2. The van der Waals surface area contributed by atoms with Gasteiger partial charge in [-0.15, -0.1) is 0 Å². The third-order valence-corrected chi connectivity index (χ3v) is 2.31. The number of aromatic nitrogens is 2. The number of hydrogen-bond acceptors (Lipinski definition) is 2. The molecule has 0 unspecified atom stereocenters. The van der Waals surface area contributed by atoms with Crippen LogP contribution in [0.25, 0.3) is 11.0 Å². The molecule has 3 nitrogen and oxygen atoms in total. The summed E-state index contributed by atoms with van der Waals surface area (Å²) in [6.45, 7) is 0. The Bertz CT molecular complexity index is 601. The molecule has 16 heavy (non-hydrogen) atoms. The molecule has 0 saturated carbocycles. The average Bonchev–Trinajstić information content (AvgIpc) is 2.22. The molecule has 0 saturated heterocycles. The van der Waals surface area contributed by atoms with Crippen LogP contribution in [0.15, 0.2) is 29.2 Å². The van der Waals surface area contributed by atoms with Gasteiger partial charge in [-0.1, -0.05) is 0 Å². The van der Waals surface area contributed by atoms with E-state index in [0.29, 0.717) is 5.52 Å². The molecule has 2 aromatic rings. The Morgan fingerprint density at radius 2 is 2.00 bits per heavy atom.